The first-order valence-electron chi connectivity index (χ1n) is 5.79. The summed E-state index contributed by atoms with van der Waals surface area (Å²) in [6, 6.07) is -0.0248. The summed E-state index contributed by atoms with van der Waals surface area (Å²) in [5.41, 5.74) is 5.87. The number of hydrogen-bond donors (Lipinski definition) is 1. The van der Waals surface area contributed by atoms with Gasteiger partial charge in [0.25, 0.3) is 0 Å². The van der Waals surface area contributed by atoms with Gasteiger partial charge in [0.2, 0.25) is 10.0 Å². The molecule has 1 aliphatic carbocycles. The fraction of sp³-hybridized carbons (Fsp3) is 1.00. The summed E-state index contributed by atoms with van der Waals surface area (Å²) in [5.74, 6) is 0. The van der Waals surface area contributed by atoms with Gasteiger partial charge in [-0.15, -0.1) is 12.4 Å². The number of rotatable bonds is 3. The Hall–Kier alpha value is 0.160. The number of hydrogen-bond acceptors (Lipinski definition) is 3. The Labute approximate surface area is 104 Å². The molecule has 2 unspecified atom stereocenters. The molecule has 2 aliphatic rings. The maximum atomic E-state index is 12.1. The Morgan fingerprint density at radius 3 is 2.38 bits per heavy atom. The molecule has 2 N–H and O–H groups in total. The van der Waals surface area contributed by atoms with Crippen LogP contribution in [0.25, 0.3) is 0 Å². The zero-order valence-corrected chi connectivity index (χ0v) is 11.3. The first-order chi connectivity index (χ1) is 7.03. The van der Waals surface area contributed by atoms with Gasteiger partial charge in [-0.1, -0.05) is 6.42 Å². The lowest BCUT2D eigenvalue weighted by Gasteiger charge is -2.37. The minimum Gasteiger partial charge on any atom is -0.326 e. The minimum absolute atomic E-state index is 0. The molecule has 16 heavy (non-hydrogen) atoms. The molecule has 6 heteroatoms. The van der Waals surface area contributed by atoms with Crippen LogP contribution in [0.3, 0.4) is 0 Å². The van der Waals surface area contributed by atoms with Crippen molar-refractivity contribution in [1.29, 1.82) is 0 Å². The van der Waals surface area contributed by atoms with Crippen LogP contribution in [0, 0.1) is 0 Å². The third-order valence-electron chi connectivity index (χ3n) is 3.38. The van der Waals surface area contributed by atoms with Gasteiger partial charge >= 0.3 is 0 Å². The van der Waals surface area contributed by atoms with Gasteiger partial charge in [0.1, 0.15) is 0 Å². The van der Waals surface area contributed by atoms with E-state index in [0.29, 0.717) is 6.54 Å². The van der Waals surface area contributed by atoms with E-state index in [1.807, 2.05) is 6.92 Å². The summed E-state index contributed by atoms with van der Waals surface area (Å²) in [5, 5.41) is -0.100. The van der Waals surface area contributed by atoms with E-state index >= 15 is 0 Å². The molecule has 0 aromatic rings. The second-order valence-electron chi connectivity index (χ2n) is 4.78. The van der Waals surface area contributed by atoms with Crippen LogP contribution >= 0.6 is 12.4 Å². The molecule has 1 saturated heterocycles. The number of sulfonamides is 1. The molecule has 0 spiro atoms. The van der Waals surface area contributed by atoms with Crippen molar-refractivity contribution in [3.63, 3.8) is 0 Å². The molecule has 2 rings (SSSR count). The van der Waals surface area contributed by atoms with E-state index in [-0.39, 0.29) is 29.7 Å². The van der Waals surface area contributed by atoms with Crippen LogP contribution in [-0.4, -0.2) is 36.6 Å². The lowest BCUT2D eigenvalue weighted by molar-refractivity contribution is 0.227. The molecule has 0 aromatic heterocycles. The maximum Gasteiger partial charge on any atom is 0.217 e. The maximum absolute atomic E-state index is 12.1. The first-order valence-corrected chi connectivity index (χ1v) is 7.30. The van der Waals surface area contributed by atoms with E-state index in [1.54, 1.807) is 4.31 Å². The first kappa shape index (κ1) is 14.2. The highest BCUT2D eigenvalue weighted by molar-refractivity contribution is 7.90. The van der Waals surface area contributed by atoms with Gasteiger partial charge in [0.15, 0.2) is 0 Å². The topological polar surface area (TPSA) is 63.4 Å². The van der Waals surface area contributed by atoms with Gasteiger partial charge < -0.3 is 5.73 Å². The molecular weight excluding hydrogens is 248 g/mol. The molecule has 1 aliphatic heterocycles. The van der Waals surface area contributed by atoms with E-state index in [9.17, 15) is 8.42 Å². The van der Waals surface area contributed by atoms with Crippen molar-refractivity contribution in [1.82, 2.24) is 4.31 Å². The molecule has 1 saturated carbocycles. The van der Waals surface area contributed by atoms with E-state index in [4.69, 9.17) is 5.73 Å². The van der Waals surface area contributed by atoms with Crippen molar-refractivity contribution >= 4 is 22.4 Å². The van der Waals surface area contributed by atoms with Crippen molar-refractivity contribution in [3.05, 3.63) is 0 Å². The molecular formula is C10H21ClN2O2S. The van der Waals surface area contributed by atoms with E-state index in [2.05, 4.69) is 0 Å². The molecule has 0 radical (unpaired) electrons. The molecule has 4 nitrogen and oxygen atoms in total. The van der Waals surface area contributed by atoms with Crippen molar-refractivity contribution in [2.24, 2.45) is 5.73 Å². The Kier molecular flexibility index (Phi) is 4.63. The molecule has 2 fully saturated rings. The van der Waals surface area contributed by atoms with Crippen LogP contribution in [0.2, 0.25) is 0 Å². The van der Waals surface area contributed by atoms with Crippen molar-refractivity contribution in [2.75, 3.05) is 6.54 Å². The number of nitrogens with two attached hydrogens (primary N) is 1. The number of piperidine rings is 1. The third kappa shape index (κ3) is 2.70. The van der Waals surface area contributed by atoms with Crippen LogP contribution in [-0.2, 0) is 10.0 Å². The fourth-order valence-corrected chi connectivity index (χ4v) is 4.50. The van der Waals surface area contributed by atoms with Gasteiger partial charge in [-0.05, 0) is 32.6 Å². The standard InChI is InChI=1S/C10H20N2O2S.ClH/c1-8(11)10-4-2-3-7-12(10)15(13,14)9-5-6-9;/h8-10H,2-7,11H2,1H3;1H. The quantitative estimate of drug-likeness (QED) is 0.834. The predicted molar refractivity (Wildman–Crippen MR) is 67.2 cm³/mol. The lowest BCUT2D eigenvalue weighted by atomic mass is 10.00. The zero-order chi connectivity index (χ0) is 11.1. The largest absolute Gasteiger partial charge is 0.326 e. The van der Waals surface area contributed by atoms with Gasteiger partial charge in [0.05, 0.1) is 5.25 Å². The SMILES string of the molecule is CC(N)C1CCCCN1S(=O)(=O)C1CC1.Cl. The normalized spacial score (nSPS) is 29.5. The van der Waals surface area contributed by atoms with Gasteiger partial charge in [-0.25, -0.2) is 8.42 Å². The summed E-state index contributed by atoms with van der Waals surface area (Å²) >= 11 is 0. The summed E-state index contributed by atoms with van der Waals surface area (Å²) in [7, 11) is -3.03. The average molecular weight is 269 g/mol. The number of nitrogens with zero attached hydrogens (tertiary/aromatic N) is 1. The minimum atomic E-state index is -3.03. The highest BCUT2D eigenvalue weighted by Crippen LogP contribution is 2.34. The van der Waals surface area contributed by atoms with Gasteiger partial charge in [-0.3, -0.25) is 0 Å². The smallest absolute Gasteiger partial charge is 0.217 e. The Morgan fingerprint density at radius 1 is 1.25 bits per heavy atom. The lowest BCUT2D eigenvalue weighted by Crippen LogP contribution is -2.52. The molecule has 0 amide bonds. The van der Waals surface area contributed by atoms with Crippen LogP contribution in [0.4, 0.5) is 0 Å². The highest BCUT2D eigenvalue weighted by Gasteiger charge is 2.44. The molecule has 2 atom stereocenters. The molecule has 0 aromatic carbocycles. The highest BCUT2D eigenvalue weighted by atomic mass is 35.5. The van der Waals surface area contributed by atoms with Gasteiger partial charge in [-0.2, -0.15) is 4.31 Å². The second kappa shape index (κ2) is 5.21. The third-order valence-corrected chi connectivity index (χ3v) is 5.80. The number of halogens is 1. The molecule has 0 bridgehead atoms. The van der Waals surface area contributed by atoms with Crippen LogP contribution in [0.15, 0.2) is 0 Å². The average Bonchev–Trinajstić information content (AvgIpc) is 3.01. The zero-order valence-electron chi connectivity index (χ0n) is 9.63. The Balaban J connectivity index is 0.00000128. The van der Waals surface area contributed by atoms with Crippen molar-refractivity contribution in [3.8, 4) is 0 Å². The summed E-state index contributed by atoms with van der Waals surface area (Å²) < 4.78 is 25.9. The van der Waals surface area contributed by atoms with E-state index in [1.165, 1.54) is 0 Å². The van der Waals surface area contributed by atoms with Crippen LogP contribution in [0.5, 0.6) is 0 Å². The van der Waals surface area contributed by atoms with E-state index in [0.717, 1.165) is 32.1 Å². The van der Waals surface area contributed by atoms with Crippen LogP contribution < -0.4 is 5.73 Å². The summed E-state index contributed by atoms with van der Waals surface area (Å²) in [6.07, 6.45) is 4.68. The van der Waals surface area contributed by atoms with Gasteiger partial charge in [0, 0.05) is 18.6 Å². The van der Waals surface area contributed by atoms with Crippen LogP contribution in [0.1, 0.15) is 39.0 Å². The molecule has 1 heterocycles. The fourth-order valence-electron chi connectivity index (χ4n) is 2.33. The Bertz CT molecular complexity index is 328. The monoisotopic (exact) mass is 268 g/mol. The van der Waals surface area contributed by atoms with Crippen molar-refractivity contribution < 1.29 is 8.42 Å². The second-order valence-corrected chi connectivity index (χ2v) is 6.94. The molecule has 96 valence electrons. The van der Waals surface area contributed by atoms with Crippen molar-refractivity contribution in [2.45, 2.75) is 56.4 Å². The predicted octanol–water partition coefficient (Wildman–Crippen LogP) is 1.10. The van der Waals surface area contributed by atoms with E-state index < -0.39 is 10.0 Å². The Morgan fingerprint density at radius 2 is 1.88 bits per heavy atom. The summed E-state index contributed by atoms with van der Waals surface area (Å²) in [6.45, 7) is 2.58. The summed E-state index contributed by atoms with van der Waals surface area (Å²) in [4.78, 5) is 0.